The van der Waals surface area contributed by atoms with Crippen LogP contribution in [0.15, 0.2) is 65.7 Å². The van der Waals surface area contributed by atoms with Crippen LogP contribution >= 0.6 is 11.8 Å². The smallest absolute Gasteiger partial charge is 0.387 e. The summed E-state index contributed by atoms with van der Waals surface area (Å²) < 4.78 is 33.6. The van der Waals surface area contributed by atoms with E-state index < -0.39 is 18.6 Å². The van der Waals surface area contributed by atoms with Gasteiger partial charge in [0, 0.05) is 60.0 Å². The highest BCUT2D eigenvalue weighted by molar-refractivity contribution is 7.99. The Kier molecular flexibility index (Phi) is 7.49. The van der Waals surface area contributed by atoms with E-state index in [9.17, 15) is 18.4 Å². The molecule has 0 spiro atoms. The minimum atomic E-state index is -3.06. The summed E-state index contributed by atoms with van der Waals surface area (Å²) in [6, 6.07) is 4.40. The normalized spacial score (nSPS) is 20.1. The van der Waals surface area contributed by atoms with E-state index >= 15 is 0 Å². The lowest BCUT2D eigenvalue weighted by Crippen LogP contribution is -2.43. The van der Waals surface area contributed by atoms with Crippen molar-refractivity contribution in [2.24, 2.45) is 0 Å². The minimum Gasteiger partial charge on any atom is -0.434 e. The van der Waals surface area contributed by atoms with Crippen LogP contribution in [0.25, 0.3) is 5.65 Å². The highest BCUT2D eigenvalue weighted by Crippen LogP contribution is 2.42. The maximum atomic E-state index is 13.6. The first kappa shape index (κ1) is 27.0. The SMILES string of the molecule is CC1CSc2cc(C3NN(CC(=O)N4CC=CCC4)C=C3NC(=O)c3cnn4cccnc34)c(OC(F)F)cc2N1. The number of rotatable bonds is 7. The fourth-order valence-corrected chi connectivity index (χ4v) is 6.00. The Morgan fingerprint density at radius 1 is 1.29 bits per heavy atom. The Hall–Kier alpha value is -4.17. The number of nitrogens with zero attached hydrogens (tertiary/aromatic N) is 5. The molecule has 2 unspecified atom stereocenters. The van der Waals surface area contributed by atoms with Crippen molar-refractivity contribution in [3.8, 4) is 5.75 Å². The Morgan fingerprint density at radius 2 is 2.17 bits per heavy atom. The number of ether oxygens (including phenoxy) is 1. The minimum absolute atomic E-state index is 0.0220. The van der Waals surface area contributed by atoms with Crippen LogP contribution in [0.3, 0.4) is 0 Å². The molecule has 0 saturated carbocycles. The van der Waals surface area contributed by atoms with E-state index in [-0.39, 0.29) is 29.8 Å². The Morgan fingerprint density at radius 3 is 2.98 bits per heavy atom. The first-order valence-electron chi connectivity index (χ1n) is 13.1. The number of aromatic nitrogens is 3. The number of benzene rings is 1. The van der Waals surface area contributed by atoms with Crippen LogP contribution in [0, 0.1) is 0 Å². The quantitative estimate of drug-likeness (QED) is 0.362. The zero-order valence-electron chi connectivity index (χ0n) is 22.1. The summed E-state index contributed by atoms with van der Waals surface area (Å²) in [5.74, 6) is 0.168. The van der Waals surface area contributed by atoms with Crippen molar-refractivity contribution in [1.82, 2.24) is 35.2 Å². The maximum Gasteiger partial charge on any atom is 0.387 e. The van der Waals surface area contributed by atoms with Gasteiger partial charge in [0.1, 0.15) is 17.9 Å². The van der Waals surface area contributed by atoms with Gasteiger partial charge in [-0.3, -0.25) is 9.59 Å². The summed E-state index contributed by atoms with van der Waals surface area (Å²) in [7, 11) is 0. The van der Waals surface area contributed by atoms with Gasteiger partial charge in [-0.25, -0.2) is 14.9 Å². The Labute approximate surface area is 238 Å². The summed E-state index contributed by atoms with van der Waals surface area (Å²) in [6.07, 6.45) is 11.0. The molecular formula is C27H28F2N8O3S. The lowest BCUT2D eigenvalue weighted by molar-refractivity contribution is -0.132. The number of carbonyl (C=O) groups excluding carboxylic acids is 2. The monoisotopic (exact) mass is 582 g/mol. The topological polar surface area (TPSA) is 116 Å². The van der Waals surface area contributed by atoms with Crippen LogP contribution in [0.1, 0.15) is 35.3 Å². The highest BCUT2D eigenvalue weighted by atomic mass is 32.2. The van der Waals surface area contributed by atoms with Crippen LogP contribution in [0.2, 0.25) is 0 Å². The predicted octanol–water partition coefficient (Wildman–Crippen LogP) is 3.16. The van der Waals surface area contributed by atoms with Crippen LogP contribution < -0.4 is 20.8 Å². The van der Waals surface area contributed by atoms with Gasteiger partial charge >= 0.3 is 6.61 Å². The highest BCUT2D eigenvalue weighted by Gasteiger charge is 2.33. The van der Waals surface area contributed by atoms with Crippen molar-refractivity contribution in [2.75, 3.05) is 30.7 Å². The standard InChI is InChI=1S/C27H28F2N8O3S/c1-16-15-41-22-10-17(21(40-27(28)29)11-19(22)32-16)24-20(13-36(34-24)14-23(38)35-7-3-2-4-8-35)33-26(39)18-12-31-37-9-5-6-30-25(18)37/h2-3,5-6,9-13,16,24,27,32,34H,4,7-8,14-15H2,1H3,(H,33,39). The molecule has 0 radical (unpaired) electrons. The molecule has 1 aromatic carbocycles. The molecular weight excluding hydrogens is 554 g/mol. The van der Waals surface area contributed by atoms with Gasteiger partial charge < -0.3 is 25.3 Å². The van der Waals surface area contributed by atoms with E-state index in [0.29, 0.717) is 35.7 Å². The van der Waals surface area contributed by atoms with Crippen molar-refractivity contribution in [1.29, 1.82) is 0 Å². The van der Waals surface area contributed by atoms with E-state index in [1.165, 1.54) is 10.7 Å². The second-order valence-corrected chi connectivity index (χ2v) is 11.0. The first-order valence-corrected chi connectivity index (χ1v) is 14.1. The number of carbonyl (C=O) groups is 2. The number of alkyl halides is 2. The molecule has 0 fully saturated rings. The summed E-state index contributed by atoms with van der Waals surface area (Å²) in [5, 5.41) is 11.9. The van der Waals surface area contributed by atoms with E-state index in [2.05, 4.69) is 26.1 Å². The molecule has 41 heavy (non-hydrogen) atoms. The number of nitrogens with one attached hydrogen (secondary N) is 3. The molecule has 6 rings (SSSR count). The number of hydrogen-bond acceptors (Lipinski definition) is 9. The molecule has 5 heterocycles. The van der Waals surface area contributed by atoms with Gasteiger partial charge in [0.05, 0.1) is 23.6 Å². The van der Waals surface area contributed by atoms with Crippen molar-refractivity contribution < 1.29 is 23.1 Å². The molecule has 3 aromatic rings. The van der Waals surface area contributed by atoms with E-state index in [1.54, 1.807) is 58.5 Å². The van der Waals surface area contributed by atoms with Crippen molar-refractivity contribution in [2.45, 2.75) is 36.9 Å². The number of halogens is 2. The number of thioether (sulfide) groups is 1. The maximum absolute atomic E-state index is 13.6. The van der Waals surface area contributed by atoms with E-state index in [4.69, 9.17) is 4.74 Å². The largest absolute Gasteiger partial charge is 0.434 e. The van der Waals surface area contributed by atoms with Crippen molar-refractivity contribution in [3.05, 3.63) is 72.0 Å². The number of hydrazine groups is 1. The molecule has 0 aliphatic carbocycles. The van der Waals surface area contributed by atoms with Gasteiger partial charge in [-0.05, 0) is 25.5 Å². The van der Waals surface area contributed by atoms with Gasteiger partial charge in [0.2, 0.25) is 5.91 Å². The second-order valence-electron chi connectivity index (χ2n) is 9.90. The van der Waals surface area contributed by atoms with Crippen LogP contribution in [0.4, 0.5) is 14.5 Å². The van der Waals surface area contributed by atoms with Crippen LogP contribution in [-0.4, -0.2) is 74.4 Å². The number of amides is 2. The Bertz CT molecular complexity index is 1540. The molecule has 214 valence electrons. The average Bonchev–Trinajstić information content (AvgIpc) is 3.57. The molecule has 2 amide bonds. The van der Waals surface area contributed by atoms with Gasteiger partial charge in [-0.1, -0.05) is 12.2 Å². The molecule has 14 heteroatoms. The molecule has 3 aliphatic rings. The van der Waals surface area contributed by atoms with Crippen LogP contribution in [-0.2, 0) is 4.79 Å². The van der Waals surface area contributed by atoms with Gasteiger partial charge in [0.25, 0.3) is 5.91 Å². The fraction of sp³-hybridized carbons (Fsp3) is 0.333. The first-order chi connectivity index (χ1) is 19.9. The number of hydrogen-bond donors (Lipinski definition) is 3. The van der Waals surface area contributed by atoms with Gasteiger partial charge in [0.15, 0.2) is 5.65 Å². The zero-order valence-corrected chi connectivity index (χ0v) is 22.9. The summed E-state index contributed by atoms with van der Waals surface area (Å²) in [4.78, 5) is 33.3. The molecule has 0 bridgehead atoms. The average molecular weight is 583 g/mol. The van der Waals surface area contributed by atoms with Crippen LogP contribution in [0.5, 0.6) is 5.75 Å². The molecule has 3 aliphatic heterocycles. The molecule has 11 nitrogen and oxygen atoms in total. The number of anilines is 1. The summed E-state index contributed by atoms with van der Waals surface area (Å²) >= 11 is 1.60. The molecule has 3 N–H and O–H groups in total. The third kappa shape index (κ3) is 5.70. The summed E-state index contributed by atoms with van der Waals surface area (Å²) in [6.45, 7) is 0.0611. The van der Waals surface area contributed by atoms with Gasteiger partial charge in [-0.15, -0.1) is 11.8 Å². The van der Waals surface area contributed by atoms with Crippen molar-refractivity contribution in [3.63, 3.8) is 0 Å². The third-order valence-corrected chi connectivity index (χ3v) is 8.24. The zero-order chi connectivity index (χ0) is 28.5. The second kappa shape index (κ2) is 11.4. The Balaban J connectivity index is 1.33. The molecule has 0 saturated heterocycles. The third-order valence-electron chi connectivity index (χ3n) is 6.93. The fourth-order valence-electron chi connectivity index (χ4n) is 5.00. The lowest BCUT2D eigenvalue weighted by Gasteiger charge is -2.29. The van der Waals surface area contributed by atoms with Gasteiger partial charge in [-0.2, -0.15) is 13.9 Å². The van der Waals surface area contributed by atoms with E-state index in [0.717, 1.165) is 17.1 Å². The summed E-state index contributed by atoms with van der Waals surface area (Å²) in [5.41, 5.74) is 5.27. The lowest BCUT2D eigenvalue weighted by atomic mass is 10.0. The van der Waals surface area contributed by atoms with Crippen molar-refractivity contribution >= 4 is 34.9 Å². The van der Waals surface area contributed by atoms with E-state index in [1.807, 2.05) is 19.1 Å². The number of fused-ring (bicyclic) bond motifs is 2. The molecule has 2 aromatic heterocycles. The predicted molar refractivity (Wildman–Crippen MR) is 148 cm³/mol. The molecule has 2 atom stereocenters.